The van der Waals surface area contributed by atoms with Gasteiger partial charge in [0.05, 0.1) is 16.3 Å². The van der Waals surface area contributed by atoms with Gasteiger partial charge >= 0.3 is 6.18 Å². The number of hydrogen-bond acceptors (Lipinski definition) is 1. The molecule has 0 unspecified atom stereocenters. The van der Waals surface area contributed by atoms with Crippen LogP contribution < -0.4 is 5.32 Å². The predicted octanol–water partition coefficient (Wildman–Crippen LogP) is 5.11. The summed E-state index contributed by atoms with van der Waals surface area (Å²) in [6.07, 6.45) is -4.36. The van der Waals surface area contributed by atoms with Gasteiger partial charge in [-0.05, 0) is 29.8 Å². The van der Waals surface area contributed by atoms with Crippen LogP contribution in [-0.2, 0) is 12.7 Å². The third kappa shape index (κ3) is 3.42. The Labute approximate surface area is 118 Å². The molecule has 2 aromatic carbocycles. The van der Waals surface area contributed by atoms with Crippen LogP contribution in [0.4, 0.5) is 23.2 Å². The largest absolute Gasteiger partial charge is 0.416 e. The summed E-state index contributed by atoms with van der Waals surface area (Å²) >= 11 is 5.63. The molecule has 0 bridgehead atoms. The molecule has 0 aromatic heterocycles. The fourth-order valence-corrected chi connectivity index (χ4v) is 1.82. The third-order valence-electron chi connectivity index (χ3n) is 2.72. The molecular weight excluding hydrogens is 294 g/mol. The van der Waals surface area contributed by atoms with Gasteiger partial charge in [0.15, 0.2) is 5.82 Å². The van der Waals surface area contributed by atoms with Crippen LogP contribution in [0.2, 0.25) is 5.02 Å². The zero-order chi connectivity index (χ0) is 14.8. The Hall–Kier alpha value is -1.75. The molecule has 2 aromatic rings. The van der Waals surface area contributed by atoms with E-state index < -0.39 is 17.6 Å². The van der Waals surface area contributed by atoms with Crippen LogP contribution in [-0.4, -0.2) is 0 Å². The van der Waals surface area contributed by atoms with Crippen molar-refractivity contribution >= 4 is 17.3 Å². The summed E-state index contributed by atoms with van der Waals surface area (Å²) in [5.74, 6) is -0.582. The van der Waals surface area contributed by atoms with Crippen molar-refractivity contribution in [3.8, 4) is 0 Å². The Morgan fingerprint density at radius 2 is 1.65 bits per heavy atom. The van der Waals surface area contributed by atoms with Crippen LogP contribution in [0.5, 0.6) is 0 Å². The lowest BCUT2D eigenvalue weighted by atomic mass is 10.1. The van der Waals surface area contributed by atoms with Gasteiger partial charge in [0.25, 0.3) is 0 Å². The second-order valence-corrected chi connectivity index (χ2v) is 4.56. The molecule has 0 spiro atoms. The van der Waals surface area contributed by atoms with Crippen molar-refractivity contribution in [2.75, 3.05) is 5.32 Å². The topological polar surface area (TPSA) is 12.0 Å². The summed E-state index contributed by atoms with van der Waals surface area (Å²) in [6.45, 7) is 0.204. The van der Waals surface area contributed by atoms with Crippen molar-refractivity contribution in [1.82, 2.24) is 0 Å². The van der Waals surface area contributed by atoms with Crippen LogP contribution in [0.25, 0.3) is 0 Å². The number of nitrogens with one attached hydrogen (secondary N) is 1. The Bertz CT molecular complexity index is 593. The predicted molar refractivity (Wildman–Crippen MR) is 70.2 cm³/mol. The smallest absolute Gasteiger partial charge is 0.379 e. The first-order valence-corrected chi connectivity index (χ1v) is 6.10. The monoisotopic (exact) mass is 303 g/mol. The van der Waals surface area contributed by atoms with E-state index in [4.69, 9.17) is 11.6 Å². The summed E-state index contributed by atoms with van der Waals surface area (Å²) in [5.41, 5.74) is 0.102. The molecule has 0 saturated carbocycles. The minimum Gasteiger partial charge on any atom is -0.379 e. The fraction of sp³-hybridized carbons (Fsp3) is 0.143. The average molecular weight is 304 g/mol. The second kappa shape index (κ2) is 5.71. The van der Waals surface area contributed by atoms with Gasteiger partial charge in [0.1, 0.15) is 0 Å². The van der Waals surface area contributed by atoms with Gasteiger partial charge in [-0.15, -0.1) is 0 Å². The van der Waals surface area contributed by atoms with E-state index >= 15 is 0 Å². The zero-order valence-electron chi connectivity index (χ0n) is 10.1. The molecule has 20 heavy (non-hydrogen) atoms. The molecule has 0 fully saturated rings. The van der Waals surface area contributed by atoms with Gasteiger partial charge in [-0.3, -0.25) is 0 Å². The van der Waals surface area contributed by atoms with Gasteiger partial charge < -0.3 is 5.32 Å². The maximum atomic E-state index is 13.6. The standard InChI is InChI=1S/C14H10ClF4N/c15-11-2-1-3-12(13(11)16)20-8-9-4-6-10(7-5-9)14(17,18)19/h1-7,20H,8H2. The molecule has 0 atom stereocenters. The first kappa shape index (κ1) is 14.7. The summed E-state index contributed by atoms with van der Waals surface area (Å²) in [4.78, 5) is 0. The first-order chi connectivity index (χ1) is 9.38. The van der Waals surface area contributed by atoms with Gasteiger partial charge in [0.2, 0.25) is 0 Å². The third-order valence-corrected chi connectivity index (χ3v) is 3.01. The molecule has 0 radical (unpaired) electrons. The van der Waals surface area contributed by atoms with Crippen LogP contribution in [0.15, 0.2) is 42.5 Å². The minimum atomic E-state index is -4.36. The van der Waals surface area contributed by atoms with E-state index in [2.05, 4.69) is 5.32 Å². The highest BCUT2D eigenvalue weighted by Gasteiger charge is 2.29. The first-order valence-electron chi connectivity index (χ1n) is 5.72. The number of benzene rings is 2. The van der Waals surface area contributed by atoms with Crippen LogP contribution >= 0.6 is 11.6 Å². The highest BCUT2D eigenvalue weighted by molar-refractivity contribution is 6.31. The molecule has 0 aliphatic rings. The lowest BCUT2D eigenvalue weighted by molar-refractivity contribution is -0.137. The molecule has 0 aliphatic carbocycles. The van der Waals surface area contributed by atoms with E-state index in [1.807, 2.05) is 0 Å². The Morgan fingerprint density at radius 3 is 2.25 bits per heavy atom. The number of rotatable bonds is 3. The van der Waals surface area contributed by atoms with Crippen molar-refractivity contribution < 1.29 is 17.6 Å². The SMILES string of the molecule is Fc1c(Cl)cccc1NCc1ccc(C(F)(F)F)cc1. The maximum Gasteiger partial charge on any atom is 0.416 e. The normalized spacial score (nSPS) is 11.4. The second-order valence-electron chi connectivity index (χ2n) is 4.15. The molecule has 0 heterocycles. The quantitative estimate of drug-likeness (QED) is 0.777. The highest BCUT2D eigenvalue weighted by Crippen LogP contribution is 2.29. The number of anilines is 1. The van der Waals surface area contributed by atoms with E-state index in [-0.39, 0.29) is 17.3 Å². The number of alkyl halides is 3. The van der Waals surface area contributed by atoms with Crippen molar-refractivity contribution in [3.63, 3.8) is 0 Å². The lowest BCUT2D eigenvalue weighted by Gasteiger charge is -2.10. The Morgan fingerprint density at radius 1 is 1.00 bits per heavy atom. The van der Waals surface area contributed by atoms with Gasteiger partial charge in [0, 0.05) is 6.54 Å². The van der Waals surface area contributed by atoms with Crippen molar-refractivity contribution in [1.29, 1.82) is 0 Å². The maximum absolute atomic E-state index is 13.6. The summed E-state index contributed by atoms with van der Waals surface area (Å²) < 4.78 is 50.7. The molecule has 6 heteroatoms. The van der Waals surface area contributed by atoms with Crippen LogP contribution in [0, 0.1) is 5.82 Å². The summed E-state index contributed by atoms with van der Waals surface area (Å²) in [7, 11) is 0. The highest BCUT2D eigenvalue weighted by atomic mass is 35.5. The van der Waals surface area contributed by atoms with Gasteiger partial charge in [-0.25, -0.2) is 4.39 Å². The van der Waals surface area contributed by atoms with E-state index in [1.165, 1.54) is 24.3 Å². The molecule has 106 valence electrons. The minimum absolute atomic E-state index is 0.0116. The molecular formula is C14H10ClF4N. The van der Waals surface area contributed by atoms with Crippen LogP contribution in [0.3, 0.4) is 0 Å². The average Bonchev–Trinajstić information content (AvgIpc) is 2.40. The molecule has 1 nitrogen and oxygen atoms in total. The molecule has 0 amide bonds. The van der Waals surface area contributed by atoms with Crippen molar-refractivity contribution in [3.05, 3.63) is 64.4 Å². The van der Waals surface area contributed by atoms with E-state index in [9.17, 15) is 17.6 Å². The Balaban J connectivity index is 2.06. The summed E-state index contributed by atoms with van der Waals surface area (Å²) in [5, 5.41) is 2.78. The van der Waals surface area contributed by atoms with Gasteiger partial charge in [-0.1, -0.05) is 29.8 Å². The zero-order valence-corrected chi connectivity index (χ0v) is 10.9. The van der Waals surface area contributed by atoms with Crippen molar-refractivity contribution in [2.45, 2.75) is 12.7 Å². The van der Waals surface area contributed by atoms with E-state index in [0.717, 1.165) is 12.1 Å². The molecule has 0 saturated heterocycles. The number of halogens is 5. The Kier molecular flexibility index (Phi) is 4.18. The van der Waals surface area contributed by atoms with Crippen molar-refractivity contribution in [2.24, 2.45) is 0 Å². The molecule has 0 aliphatic heterocycles. The summed E-state index contributed by atoms with van der Waals surface area (Å²) in [6, 6.07) is 9.18. The van der Waals surface area contributed by atoms with Gasteiger partial charge in [-0.2, -0.15) is 13.2 Å². The van der Waals surface area contributed by atoms with Crippen LogP contribution in [0.1, 0.15) is 11.1 Å². The molecule has 2 rings (SSSR count). The number of hydrogen-bond donors (Lipinski definition) is 1. The van der Waals surface area contributed by atoms with E-state index in [1.54, 1.807) is 6.07 Å². The molecule has 1 N–H and O–H groups in total. The van der Waals surface area contributed by atoms with E-state index in [0.29, 0.717) is 5.56 Å². The lowest BCUT2D eigenvalue weighted by Crippen LogP contribution is -2.06. The fourth-order valence-electron chi connectivity index (χ4n) is 1.65.